The highest BCUT2D eigenvalue weighted by Gasteiger charge is 2.21. The molecule has 0 spiro atoms. The van der Waals surface area contributed by atoms with Crippen LogP contribution in [0, 0.1) is 0 Å². The minimum Gasteiger partial charge on any atom is -0.493 e. The predicted octanol–water partition coefficient (Wildman–Crippen LogP) is 5.79. The molecule has 2 rings (SSSR count). The fourth-order valence-corrected chi connectivity index (χ4v) is 3.96. The van der Waals surface area contributed by atoms with Gasteiger partial charge in [-0.15, -0.1) is 0 Å². The van der Waals surface area contributed by atoms with E-state index in [4.69, 9.17) is 9.47 Å². The van der Waals surface area contributed by atoms with Crippen LogP contribution in [-0.4, -0.2) is 31.2 Å². The summed E-state index contributed by atoms with van der Waals surface area (Å²) < 4.78 is 11.6. The lowest BCUT2D eigenvalue weighted by Gasteiger charge is -2.30. The zero-order valence-corrected chi connectivity index (χ0v) is 19.4. The molecule has 0 bridgehead atoms. The Hall–Kier alpha value is -1.75. The summed E-state index contributed by atoms with van der Waals surface area (Å²) in [4.78, 5) is 14.5. The molecule has 1 N–H and O–H groups in total. The summed E-state index contributed by atoms with van der Waals surface area (Å²) in [5.74, 6) is 1.75. The molecule has 1 heterocycles. The SMILES string of the molecule is CCCCCCCCC(=O)NCc1cc2c(c(OC)c1)OCN(CCCCCC)C2. The van der Waals surface area contributed by atoms with E-state index < -0.39 is 0 Å². The quantitative estimate of drug-likeness (QED) is 0.366. The van der Waals surface area contributed by atoms with Crippen molar-refractivity contribution in [2.75, 3.05) is 20.4 Å². The number of ether oxygens (including phenoxy) is 2. The van der Waals surface area contributed by atoms with E-state index in [2.05, 4.69) is 30.1 Å². The Morgan fingerprint density at radius 1 is 1.03 bits per heavy atom. The minimum atomic E-state index is 0.135. The standard InChI is InChI=1S/C25H42N2O3/c1-4-6-8-10-11-12-14-24(28)26-18-21-16-22-19-27(15-13-9-7-5-2)20-30-25(22)23(17-21)29-3/h16-17H,4-15,18-20H2,1-3H3,(H,26,28). The monoisotopic (exact) mass is 418 g/mol. The molecule has 30 heavy (non-hydrogen) atoms. The van der Waals surface area contributed by atoms with Crippen LogP contribution in [-0.2, 0) is 17.9 Å². The van der Waals surface area contributed by atoms with Crippen LogP contribution >= 0.6 is 0 Å². The summed E-state index contributed by atoms with van der Waals surface area (Å²) in [6.45, 7) is 7.54. The number of carbonyl (C=O) groups is 1. The number of hydrogen-bond acceptors (Lipinski definition) is 4. The average Bonchev–Trinajstić information content (AvgIpc) is 2.76. The Balaban J connectivity index is 1.82. The van der Waals surface area contributed by atoms with Gasteiger partial charge in [0.2, 0.25) is 5.91 Å². The van der Waals surface area contributed by atoms with E-state index in [9.17, 15) is 4.79 Å². The van der Waals surface area contributed by atoms with Gasteiger partial charge in [-0.3, -0.25) is 9.69 Å². The summed E-state index contributed by atoms with van der Waals surface area (Å²) in [6, 6.07) is 4.14. The van der Waals surface area contributed by atoms with Gasteiger partial charge in [-0.1, -0.05) is 65.2 Å². The van der Waals surface area contributed by atoms with Crippen LogP contribution in [0.15, 0.2) is 12.1 Å². The van der Waals surface area contributed by atoms with Gasteiger partial charge in [-0.25, -0.2) is 0 Å². The summed E-state index contributed by atoms with van der Waals surface area (Å²) >= 11 is 0. The second-order valence-electron chi connectivity index (χ2n) is 8.47. The second-order valence-corrected chi connectivity index (χ2v) is 8.47. The maximum atomic E-state index is 12.2. The molecule has 0 saturated carbocycles. The molecule has 5 heteroatoms. The molecule has 1 aromatic rings. The maximum absolute atomic E-state index is 12.2. The molecule has 0 saturated heterocycles. The number of benzene rings is 1. The predicted molar refractivity (Wildman–Crippen MR) is 123 cm³/mol. The fraction of sp³-hybridized carbons (Fsp3) is 0.720. The molecule has 5 nitrogen and oxygen atoms in total. The second kappa shape index (κ2) is 14.3. The Morgan fingerprint density at radius 2 is 1.73 bits per heavy atom. The summed E-state index contributed by atoms with van der Waals surface area (Å²) in [6.07, 6.45) is 12.8. The van der Waals surface area contributed by atoms with Crippen LogP contribution in [0.3, 0.4) is 0 Å². The van der Waals surface area contributed by atoms with Crippen LogP contribution in [0.5, 0.6) is 11.5 Å². The Morgan fingerprint density at radius 3 is 2.47 bits per heavy atom. The normalized spacial score (nSPS) is 13.6. The lowest BCUT2D eigenvalue weighted by molar-refractivity contribution is -0.121. The molecule has 0 aromatic heterocycles. The van der Waals surface area contributed by atoms with Crippen molar-refractivity contribution in [3.05, 3.63) is 23.3 Å². The molecule has 1 aliphatic rings. The first-order chi connectivity index (χ1) is 14.7. The molecule has 1 aromatic carbocycles. The van der Waals surface area contributed by atoms with Crippen molar-refractivity contribution in [1.82, 2.24) is 10.2 Å². The minimum absolute atomic E-state index is 0.135. The van der Waals surface area contributed by atoms with Crippen molar-refractivity contribution in [2.24, 2.45) is 0 Å². The topological polar surface area (TPSA) is 50.8 Å². The number of nitrogens with zero attached hydrogens (tertiary/aromatic N) is 1. The number of rotatable bonds is 15. The van der Waals surface area contributed by atoms with Gasteiger partial charge in [0.15, 0.2) is 11.5 Å². The molecule has 0 aliphatic carbocycles. The number of nitrogens with one attached hydrogen (secondary N) is 1. The first kappa shape index (κ1) is 24.5. The van der Waals surface area contributed by atoms with Gasteiger partial charge in [0.05, 0.1) is 7.11 Å². The first-order valence-electron chi connectivity index (χ1n) is 12.0. The molecule has 1 aliphatic heterocycles. The van der Waals surface area contributed by atoms with Gasteiger partial charge >= 0.3 is 0 Å². The third kappa shape index (κ3) is 8.55. The lowest BCUT2D eigenvalue weighted by Crippen LogP contribution is -2.33. The largest absolute Gasteiger partial charge is 0.493 e. The van der Waals surface area contributed by atoms with E-state index >= 15 is 0 Å². The third-order valence-electron chi connectivity index (χ3n) is 5.77. The van der Waals surface area contributed by atoms with Crippen LogP contribution in [0.25, 0.3) is 0 Å². The number of methoxy groups -OCH3 is 1. The highest BCUT2D eigenvalue weighted by molar-refractivity contribution is 5.75. The van der Waals surface area contributed by atoms with Crippen molar-refractivity contribution in [1.29, 1.82) is 0 Å². The van der Waals surface area contributed by atoms with Crippen LogP contribution in [0.4, 0.5) is 0 Å². The number of unbranched alkanes of at least 4 members (excludes halogenated alkanes) is 8. The molecule has 0 unspecified atom stereocenters. The third-order valence-corrected chi connectivity index (χ3v) is 5.77. The number of fused-ring (bicyclic) bond motifs is 1. The first-order valence-corrected chi connectivity index (χ1v) is 12.0. The van der Waals surface area contributed by atoms with E-state index in [1.54, 1.807) is 7.11 Å². The Bertz CT molecular complexity index is 633. The van der Waals surface area contributed by atoms with Crippen LogP contribution in [0.1, 0.15) is 95.6 Å². The van der Waals surface area contributed by atoms with Crippen LogP contribution < -0.4 is 14.8 Å². The number of amides is 1. The Labute approximate surface area is 183 Å². The fourth-order valence-electron chi connectivity index (χ4n) is 3.96. The molecule has 0 atom stereocenters. The highest BCUT2D eigenvalue weighted by Crippen LogP contribution is 2.36. The zero-order valence-electron chi connectivity index (χ0n) is 19.4. The van der Waals surface area contributed by atoms with Crippen molar-refractivity contribution < 1.29 is 14.3 Å². The highest BCUT2D eigenvalue weighted by atomic mass is 16.5. The molecular formula is C25H42N2O3. The number of hydrogen-bond donors (Lipinski definition) is 1. The van der Waals surface area contributed by atoms with Gasteiger partial charge in [-0.2, -0.15) is 0 Å². The molecule has 170 valence electrons. The Kier molecular flexibility index (Phi) is 11.7. The molecule has 0 fully saturated rings. The van der Waals surface area contributed by atoms with Crippen molar-refractivity contribution in [3.8, 4) is 11.5 Å². The summed E-state index contributed by atoms with van der Waals surface area (Å²) in [7, 11) is 1.68. The zero-order chi connectivity index (χ0) is 21.6. The smallest absolute Gasteiger partial charge is 0.220 e. The van der Waals surface area contributed by atoms with Gasteiger partial charge in [0.25, 0.3) is 0 Å². The lowest BCUT2D eigenvalue weighted by atomic mass is 10.1. The maximum Gasteiger partial charge on any atom is 0.220 e. The van der Waals surface area contributed by atoms with E-state index in [1.165, 1.54) is 51.4 Å². The average molecular weight is 419 g/mol. The summed E-state index contributed by atoms with van der Waals surface area (Å²) in [5, 5.41) is 3.07. The van der Waals surface area contributed by atoms with E-state index in [1.807, 2.05) is 6.07 Å². The summed E-state index contributed by atoms with van der Waals surface area (Å²) in [5.41, 5.74) is 2.22. The molecule has 1 amide bonds. The van der Waals surface area contributed by atoms with Gasteiger partial charge < -0.3 is 14.8 Å². The van der Waals surface area contributed by atoms with Crippen molar-refractivity contribution >= 4 is 5.91 Å². The van der Waals surface area contributed by atoms with E-state index in [0.29, 0.717) is 19.7 Å². The van der Waals surface area contributed by atoms with Crippen molar-refractivity contribution in [2.45, 2.75) is 97.6 Å². The van der Waals surface area contributed by atoms with E-state index in [-0.39, 0.29) is 5.91 Å². The van der Waals surface area contributed by atoms with E-state index in [0.717, 1.165) is 48.6 Å². The van der Waals surface area contributed by atoms with Crippen molar-refractivity contribution in [3.63, 3.8) is 0 Å². The van der Waals surface area contributed by atoms with Gasteiger partial charge in [-0.05, 0) is 30.5 Å². The van der Waals surface area contributed by atoms with Crippen LogP contribution in [0.2, 0.25) is 0 Å². The number of carbonyl (C=O) groups excluding carboxylic acids is 1. The molecule has 0 radical (unpaired) electrons. The van der Waals surface area contributed by atoms with Gasteiger partial charge in [0.1, 0.15) is 6.73 Å². The van der Waals surface area contributed by atoms with Gasteiger partial charge in [0, 0.05) is 31.6 Å². The molecular weight excluding hydrogens is 376 g/mol.